The van der Waals surface area contributed by atoms with Gasteiger partial charge < -0.3 is 5.11 Å². The lowest BCUT2D eigenvalue weighted by Gasteiger charge is -2.41. The van der Waals surface area contributed by atoms with Crippen molar-refractivity contribution >= 4 is 11.3 Å². The normalized spacial score (nSPS) is 30.4. The molecule has 0 saturated heterocycles. The number of rotatable bonds is 1. The summed E-state index contributed by atoms with van der Waals surface area (Å²) < 4.78 is 0. The Kier molecular flexibility index (Phi) is 2.68. The molecular formula is C13H20OS. The lowest BCUT2D eigenvalue weighted by atomic mass is 9.69. The molecule has 0 aromatic carbocycles. The van der Waals surface area contributed by atoms with E-state index in [0.717, 1.165) is 24.1 Å². The number of aryl methyl sites for hydroxylation is 1. The number of hydrogen-bond acceptors (Lipinski definition) is 2. The van der Waals surface area contributed by atoms with Crippen molar-refractivity contribution in [2.75, 3.05) is 0 Å². The van der Waals surface area contributed by atoms with Gasteiger partial charge in [0.2, 0.25) is 0 Å². The molecule has 1 saturated carbocycles. The van der Waals surface area contributed by atoms with E-state index in [1.54, 1.807) is 11.3 Å². The first-order valence-corrected chi connectivity index (χ1v) is 6.52. The van der Waals surface area contributed by atoms with Crippen molar-refractivity contribution in [3.8, 4) is 0 Å². The summed E-state index contributed by atoms with van der Waals surface area (Å²) in [6.07, 6.45) is 4.20. The zero-order valence-corrected chi connectivity index (χ0v) is 10.7. The van der Waals surface area contributed by atoms with Gasteiger partial charge in [-0.1, -0.05) is 13.8 Å². The number of aliphatic hydroxyl groups is 1. The molecule has 1 aromatic heterocycles. The van der Waals surface area contributed by atoms with Crippen LogP contribution in [0.25, 0.3) is 0 Å². The average molecular weight is 224 g/mol. The van der Waals surface area contributed by atoms with Crippen molar-refractivity contribution in [3.05, 3.63) is 21.9 Å². The quantitative estimate of drug-likeness (QED) is 0.768. The first-order chi connectivity index (χ1) is 6.91. The summed E-state index contributed by atoms with van der Waals surface area (Å²) in [4.78, 5) is 2.45. The maximum Gasteiger partial charge on any atom is 0.0993 e. The second kappa shape index (κ2) is 3.60. The Morgan fingerprint density at radius 1 is 1.27 bits per heavy atom. The molecule has 2 heteroatoms. The van der Waals surface area contributed by atoms with Crippen LogP contribution in [-0.2, 0) is 5.60 Å². The highest BCUT2D eigenvalue weighted by Crippen LogP contribution is 2.47. The molecule has 1 N–H and O–H groups in total. The first kappa shape index (κ1) is 11.2. The van der Waals surface area contributed by atoms with Gasteiger partial charge in [0, 0.05) is 9.75 Å². The Morgan fingerprint density at radius 3 is 2.53 bits per heavy atom. The summed E-state index contributed by atoms with van der Waals surface area (Å²) in [6, 6.07) is 4.21. The van der Waals surface area contributed by atoms with Crippen molar-refractivity contribution in [1.82, 2.24) is 0 Å². The zero-order valence-electron chi connectivity index (χ0n) is 9.84. The molecule has 0 aliphatic heterocycles. The van der Waals surface area contributed by atoms with Gasteiger partial charge in [-0.2, -0.15) is 0 Å². The van der Waals surface area contributed by atoms with E-state index in [2.05, 4.69) is 32.9 Å². The van der Waals surface area contributed by atoms with E-state index in [1.807, 2.05) is 0 Å². The Balaban J connectivity index is 2.26. The second-order valence-corrected chi connectivity index (χ2v) is 6.92. The number of thiophene rings is 1. The summed E-state index contributed by atoms with van der Waals surface area (Å²) in [5.41, 5.74) is -0.272. The van der Waals surface area contributed by atoms with Gasteiger partial charge in [-0.25, -0.2) is 0 Å². The van der Waals surface area contributed by atoms with E-state index in [1.165, 1.54) is 11.3 Å². The molecule has 84 valence electrons. The van der Waals surface area contributed by atoms with Gasteiger partial charge in [-0.15, -0.1) is 11.3 Å². The fourth-order valence-electron chi connectivity index (χ4n) is 2.72. The Morgan fingerprint density at radius 2 is 2.00 bits per heavy atom. The van der Waals surface area contributed by atoms with Gasteiger partial charge in [0.05, 0.1) is 5.60 Å². The van der Waals surface area contributed by atoms with Crippen LogP contribution in [0.2, 0.25) is 0 Å². The molecule has 2 rings (SSSR count). The smallest absolute Gasteiger partial charge is 0.0993 e. The Bertz CT molecular complexity index is 353. The lowest BCUT2D eigenvalue weighted by Crippen LogP contribution is -2.35. The van der Waals surface area contributed by atoms with Gasteiger partial charge in [0.1, 0.15) is 0 Å². The molecule has 1 atom stereocenters. The van der Waals surface area contributed by atoms with Gasteiger partial charge in [0.25, 0.3) is 0 Å². The topological polar surface area (TPSA) is 20.2 Å². The van der Waals surface area contributed by atoms with E-state index < -0.39 is 5.60 Å². The molecular weight excluding hydrogens is 204 g/mol. The maximum absolute atomic E-state index is 10.7. The fraction of sp³-hybridized carbons (Fsp3) is 0.692. The van der Waals surface area contributed by atoms with Crippen LogP contribution < -0.4 is 0 Å². The van der Waals surface area contributed by atoms with Gasteiger partial charge in [-0.05, 0) is 50.2 Å². The third-order valence-electron chi connectivity index (χ3n) is 3.41. The fourth-order valence-corrected chi connectivity index (χ4v) is 3.71. The van der Waals surface area contributed by atoms with Crippen molar-refractivity contribution in [3.63, 3.8) is 0 Å². The zero-order chi connectivity index (χ0) is 11.1. The summed E-state index contributed by atoms with van der Waals surface area (Å²) in [5, 5.41) is 10.7. The van der Waals surface area contributed by atoms with E-state index >= 15 is 0 Å². The molecule has 0 bridgehead atoms. The van der Waals surface area contributed by atoms with Gasteiger partial charge >= 0.3 is 0 Å². The van der Waals surface area contributed by atoms with E-state index in [-0.39, 0.29) is 5.41 Å². The average Bonchev–Trinajstić information content (AvgIpc) is 2.49. The molecule has 1 nitrogen and oxygen atoms in total. The van der Waals surface area contributed by atoms with Crippen LogP contribution in [0.5, 0.6) is 0 Å². The van der Waals surface area contributed by atoms with Crippen LogP contribution in [0.15, 0.2) is 12.1 Å². The molecule has 1 heterocycles. The minimum atomic E-state index is -0.555. The standard InChI is InChI=1S/C13H20OS/c1-10-5-6-11(15-10)13(14)8-4-7-12(2,3)9-13/h5-6,14H,4,7-9H2,1-3H3. The molecule has 15 heavy (non-hydrogen) atoms. The highest BCUT2D eigenvalue weighted by Gasteiger charge is 2.40. The van der Waals surface area contributed by atoms with E-state index in [0.29, 0.717) is 0 Å². The van der Waals surface area contributed by atoms with Crippen molar-refractivity contribution < 1.29 is 5.11 Å². The minimum Gasteiger partial charge on any atom is -0.384 e. The molecule has 1 unspecified atom stereocenters. The van der Waals surface area contributed by atoms with Gasteiger partial charge in [-0.3, -0.25) is 0 Å². The molecule has 0 radical (unpaired) electrons. The van der Waals surface area contributed by atoms with Crippen LogP contribution in [-0.4, -0.2) is 5.11 Å². The predicted octanol–water partition coefficient (Wildman–Crippen LogP) is 3.84. The third kappa shape index (κ3) is 2.26. The van der Waals surface area contributed by atoms with Crippen LogP contribution in [0, 0.1) is 12.3 Å². The Labute approximate surface area is 96.1 Å². The van der Waals surface area contributed by atoms with Gasteiger partial charge in [0.15, 0.2) is 0 Å². The van der Waals surface area contributed by atoms with Crippen molar-refractivity contribution in [2.45, 2.75) is 52.1 Å². The SMILES string of the molecule is Cc1ccc(C2(O)CCCC(C)(C)C2)s1. The number of hydrogen-bond donors (Lipinski definition) is 1. The lowest BCUT2D eigenvalue weighted by molar-refractivity contribution is -0.0411. The molecule has 0 spiro atoms. The monoisotopic (exact) mass is 224 g/mol. The summed E-state index contributed by atoms with van der Waals surface area (Å²) >= 11 is 1.74. The van der Waals surface area contributed by atoms with E-state index in [9.17, 15) is 5.11 Å². The van der Waals surface area contributed by atoms with Crippen LogP contribution in [0.3, 0.4) is 0 Å². The van der Waals surface area contributed by atoms with Crippen LogP contribution in [0.1, 0.15) is 49.3 Å². The van der Waals surface area contributed by atoms with Crippen LogP contribution in [0.4, 0.5) is 0 Å². The van der Waals surface area contributed by atoms with E-state index in [4.69, 9.17) is 0 Å². The second-order valence-electron chi connectivity index (χ2n) is 5.64. The van der Waals surface area contributed by atoms with Crippen molar-refractivity contribution in [1.29, 1.82) is 0 Å². The highest BCUT2D eigenvalue weighted by atomic mass is 32.1. The molecule has 1 fully saturated rings. The molecule has 0 amide bonds. The largest absolute Gasteiger partial charge is 0.384 e. The van der Waals surface area contributed by atoms with Crippen LogP contribution >= 0.6 is 11.3 Å². The maximum atomic E-state index is 10.7. The van der Waals surface area contributed by atoms with Crippen molar-refractivity contribution in [2.24, 2.45) is 5.41 Å². The summed E-state index contributed by atoms with van der Waals surface area (Å²) in [6.45, 7) is 6.63. The highest BCUT2D eigenvalue weighted by molar-refractivity contribution is 7.12. The first-order valence-electron chi connectivity index (χ1n) is 5.71. The Hall–Kier alpha value is -0.340. The molecule has 1 aliphatic rings. The predicted molar refractivity (Wildman–Crippen MR) is 65.2 cm³/mol. The summed E-state index contributed by atoms with van der Waals surface area (Å²) in [5.74, 6) is 0. The molecule has 1 aliphatic carbocycles. The minimum absolute atomic E-state index is 0.283. The molecule has 1 aromatic rings. The third-order valence-corrected chi connectivity index (χ3v) is 4.61. The summed E-state index contributed by atoms with van der Waals surface area (Å²) in [7, 11) is 0.